The van der Waals surface area contributed by atoms with E-state index in [4.69, 9.17) is 4.74 Å². The highest BCUT2D eigenvalue weighted by Gasteiger charge is 2.26. The number of nitrogens with zero attached hydrogens (tertiary/aromatic N) is 5. The number of hydrogen-bond donors (Lipinski definition) is 0. The number of sulfonamides is 1. The molecular formula is C23H33N5O3S. The molecule has 0 N–H and O–H groups in total. The van der Waals surface area contributed by atoms with Crippen LogP contribution in [0.15, 0.2) is 30.7 Å². The van der Waals surface area contributed by atoms with Crippen LogP contribution in [0.25, 0.3) is 0 Å². The first-order valence-electron chi connectivity index (χ1n) is 11.5. The van der Waals surface area contributed by atoms with Crippen LogP contribution in [0.1, 0.15) is 49.8 Å². The van der Waals surface area contributed by atoms with E-state index in [1.165, 1.54) is 6.26 Å². The third-order valence-electron chi connectivity index (χ3n) is 6.58. The molecule has 0 saturated carbocycles. The Morgan fingerprint density at radius 1 is 0.969 bits per heavy atom. The molecule has 2 saturated heterocycles. The average Bonchev–Trinajstić information content (AvgIpc) is 2.83. The number of pyridine rings is 1. The minimum atomic E-state index is -3.10. The lowest BCUT2D eigenvalue weighted by atomic mass is 9.94. The predicted octanol–water partition coefficient (Wildman–Crippen LogP) is 2.87. The van der Waals surface area contributed by atoms with E-state index in [1.54, 1.807) is 10.5 Å². The Balaban J connectivity index is 1.21. The van der Waals surface area contributed by atoms with E-state index in [-0.39, 0.29) is 0 Å². The molecule has 4 heterocycles. The van der Waals surface area contributed by atoms with Crippen molar-refractivity contribution in [3.63, 3.8) is 0 Å². The lowest BCUT2D eigenvalue weighted by Crippen LogP contribution is -2.37. The number of aryl methyl sites for hydroxylation is 1. The van der Waals surface area contributed by atoms with Crippen molar-refractivity contribution in [2.75, 3.05) is 43.9 Å². The summed E-state index contributed by atoms with van der Waals surface area (Å²) >= 11 is 0. The van der Waals surface area contributed by atoms with Crippen LogP contribution in [-0.4, -0.2) is 66.7 Å². The lowest BCUT2D eigenvalue weighted by Gasteiger charge is -2.32. The molecule has 0 atom stereocenters. The zero-order valence-corrected chi connectivity index (χ0v) is 19.8. The molecule has 8 nitrogen and oxygen atoms in total. The normalized spacial score (nSPS) is 19.2. The summed E-state index contributed by atoms with van der Waals surface area (Å²) in [4.78, 5) is 15.8. The third kappa shape index (κ3) is 5.75. The van der Waals surface area contributed by atoms with Gasteiger partial charge in [-0.2, -0.15) is 0 Å². The fraction of sp³-hybridized carbons (Fsp3) is 0.609. The molecule has 2 aromatic heterocycles. The molecule has 0 unspecified atom stereocenters. The maximum Gasteiger partial charge on any atom is 0.225 e. The molecule has 4 rings (SSSR count). The topological polar surface area (TPSA) is 88.5 Å². The fourth-order valence-corrected chi connectivity index (χ4v) is 5.28. The average molecular weight is 460 g/mol. The van der Waals surface area contributed by atoms with Crippen molar-refractivity contribution < 1.29 is 13.2 Å². The van der Waals surface area contributed by atoms with E-state index >= 15 is 0 Å². The molecule has 2 fully saturated rings. The SMILES string of the molecule is CCc1cnc(N2CCC(COc3ccc(C4CCN(S(C)(=O)=O)CC4)nc3)CC2)nc1. The Labute approximate surface area is 191 Å². The van der Waals surface area contributed by atoms with Gasteiger partial charge in [0.15, 0.2) is 0 Å². The van der Waals surface area contributed by atoms with Crippen molar-refractivity contribution in [2.24, 2.45) is 5.92 Å². The molecule has 32 heavy (non-hydrogen) atoms. The van der Waals surface area contributed by atoms with E-state index in [2.05, 4.69) is 26.8 Å². The van der Waals surface area contributed by atoms with Gasteiger partial charge in [0.1, 0.15) is 5.75 Å². The van der Waals surface area contributed by atoms with Gasteiger partial charge in [-0.3, -0.25) is 4.98 Å². The summed E-state index contributed by atoms with van der Waals surface area (Å²) in [5.74, 6) is 2.44. The molecule has 2 aliphatic rings. The van der Waals surface area contributed by atoms with Crippen molar-refractivity contribution in [1.29, 1.82) is 0 Å². The van der Waals surface area contributed by atoms with Gasteiger partial charge in [0.2, 0.25) is 16.0 Å². The van der Waals surface area contributed by atoms with Gasteiger partial charge in [0, 0.05) is 50.2 Å². The number of rotatable bonds is 7. The van der Waals surface area contributed by atoms with Crippen LogP contribution >= 0.6 is 0 Å². The standard InChI is InChI=1S/C23H33N5O3S/c1-3-18-14-25-23(26-15-18)27-10-6-19(7-11-27)17-31-21-4-5-22(24-16-21)20-8-12-28(13-9-20)32(2,29)30/h4-5,14-16,19-20H,3,6-13,17H2,1-2H3. The van der Waals surface area contributed by atoms with Crippen molar-refractivity contribution in [3.8, 4) is 5.75 Å². The van der Waals surface area contributed by atoms with Gasteiger partial charge >= 0.3 is 0 Å². The van der Waals surface area contributed by atoms with Gasteiger partial charge in [0.25, 0.3) is 0 Å². The highest BCUT2D eigenvalue weighted by atomic mass is 32.2. The number of aromatic nitrogens is 3. The zero-order chi connectivity index (χ0) is 22.6. The molecule has 174 valence electrons. The van der Waals surface area contributed by atoms with Crippen molar-refractivity contribution in [1.82, 2.24) is 19.3 Å². The molecule has 0 aromatic carbocycles. The summed E-state index contributed by atoms with van der Waals surface area (Å²) in [6.07, 6.45) is 11.6. The Bertz CT molecular complexity index is 966. The van der Waals surface area contributed by atoms with Crippen LogP contribution in [0.3, 0.4) is 0 Å². The van der Waals surface area contributed by atoms with Crippen LogP contribution in [-0.2, 0) is 16.4 Å². The molecule has 2 aliphatic heterocycles. The molecule has 0 spiro atoms. The van der Waals surface area contributed by atoms with Crippen LogP contribution in [0, 0.1) is 5.92 Å². The van der Waals surface area contributed by atoms with Gasteiger partial charge in [-0.1, -0.05) is 6.92 Å². The van der Waals surface area contributed by atoms with Crippen LogP contribution in [0.5, 0.6) is 5.75 Å². The van der Waals surface area contributed by atoms with E-state index in [0.29, 0.717) is 31.5 Å². The summed E-state index contributed by atoms with van der Waals surface area (Å²) in [6.45, 7) is 5.83. The first-order valence-corrected chi connectivity index (χ1v) is 13.4. The molecular weight excluding hydrogens is 426 g/mol. The highest BCUT2D eigenvalue weighted by Crippen LogP contribution is 2.29. The predicted molar refractivity (Wildman–Crippen MR) is 124 cm³/mol. The van der Waals surface area contributed by atoms with Gasteiger partial charge in [-0.25, -0.2) is 22.7 Å². The minimum absolute atomic E-state index is 0.306. The van der Waals surface area contributed by atoms with E-state index in [0.717, 1.165) is 68.1 Å². The quantitative estimate of drug-likeness (QED) is 0.629. The smallest absolute Gasteiger partial charge is 0.225 e. The Morgan fingerprint density at radius 3 is 2.22 bits per heavy atom. The van der Waals surface area contributed by atoms with Crippen LogP contribution < -0.4 is 9.64 Å². The van der Waals surface area contributed by atoms with E-state index in [9.17, 15) is 8.42 Å². The summed E-state index contributed by atoms with van der Waals surface area (Å²) in [6, 6.07) is 4.01. The summed E-state index contributed by atoms with van der Waals surface area (Å²) in [5.41, 5.74) is 2.18. The zero-order valence-electron chi connectivity index (χ0n) is 19.0. The third-order valence-corrected chi connectivity index (χ3v) is 7.89. The van der Waals surface area contributed by atoms with Gasteiger partial charge < -0.3 is 9.64 Å². The molecule has 0 radical (unpaired) electrons. The lowest BCUT2D eigenvalue weighted by molar-refractivity contribution is 0.221. The molecule has 2 aromatic rings. The number of piperidine rings is 2. The number of hydrogen-bond acceptors (Lipinski definition) is 7. The second kappa shape index (κ2) is 10.1. The van der Waals surface area contributed by atoms with Gasteiger partial charge in [-0.15, -0.1) is 0 Å². The van der Waals surface area contributed by atoms with Crippen LogP contribution in [0.4, 0.5) is 5.95 Å². The Morgan fingerprint density at radius 2 is 1.66 bits per heavy atom. The first-order chi connectivity index (χ1) is 15.4. The second-order valence-electron chi connectivity index (χ2n) is 8.84. The molecule has 0 amide bonds. The van der Waals surface area contributed by atoms with E-state index < -0.39 is 10.0 Å². The van der Waals surface area contributed by atoms with Crippen LogP contribution in [0.2, 0.25) is 0 Å². The molecule has 0 aliphatic carbocycles. The summed E-state index contributed by atoms with van der Waals surface area (Å²) in [7, 11) is -3.10. The first kappa shape index (κ1) is 22.9. The maximum atomic E-state index is 11.7. The highest BCUT2D eigenvalue weighted by molar-refractivity contribution is 7.88. The Kier molecular flexibility index (Phi) is 7.25. The molecule has 9 heteroatoms. The fourth-order valence-electron chi connectivity index (χ4n) is 4.41. The van der Waals surface area contributed by atoms with Crippen molar-refractivity contribution >= 4 is 16.0 Å². The van der Waals surface area contributed by atoms with Gasteiger partial charge in [0.05, 0.1) is 19.1 Å². The number of ether oxygens (including phenoxy) is 1. The van der Waals surface area contributed by atoms with E-state index in [1.807, 2.05) is 24.5 Å². The van der Waals surface area contributed by atoms with Gasteiger partial charge in [-0.05, 0) is 55.7 Å². The van der Waals surface area contributed by atoms with Crippen molar-refractivity contribution in [2.45, 2.75) is 44.9 Å². The summed E-state index contributed by atoms with van der Waals surface area (Å²) in [5, 5.41) is 0. The minimum Gasteiger partial charge on any atom is -0.492 e. The monoisotopic (exact) mass is 459 g/mol. The number of anilines is 1. The second-order valence-corrected chi connectivity index (χ2v) is 10.8. The molecule has 0 bridgehead atoms. The Hall–Kier alpha value is -2.26. The summed E-state index contributed by atoms with van der Waals surface area (Å²) < 4.78 is 30.9. The largest absolute Gasteiger partial charge is 0.492 e. The van der Waals surface area contributed by atoms with Crippen molar-refractivity contribution in [3.05, 3.63) is 42.0 Å². The maximum absolute atomic E-state index is 11.7.